The fourth-order valence-corrected chi connectivity index (χ4v) is 1.24. The second kappa shape index (κ2) is 4.96. The van der Waals surface area contributed by atoms with E-state index in [0.717, 1.165) is 0 Å². The number of hydrogen-bond donors (Lipinski definition) is 0. The molecular formula is C8H18FLiNP. The van der Waals surface area contributed by atoms with Crippen LogP contribution < -0.4 is 18.9 Å². The van der Waals surface area contributed by atoms with Crippen LogP contribution in [0.15, 0.2) is 0 Å². The summed E-state index contributed by atoms with van der Waals surface area (Å²) in [7, 11) is -1.68. The Bertz CT molecular complexity index is 128. The predicted octanol–water partition coefficient (Wildman–Crippen LogP) is 1.24. The molecule has 1 unspecified atom stereocenters. The molecule has 0 fully saturated rings. The van der Waals surface area contributed by atoms with Crippen LogP contribution in [0.4, 0.5) is 4.20 Å². The summed E-state index contributed by atoms with van der Waals surface area (Å²) in [6.07, 6.45) is 0. The van der Waals surface area contributed by atoms with Gasteiger partial charge in [-0.15, -0.1) is 5.54 Å². The molecule has 0 bridgehead atoms. The van der Waals surface area contributed by atoms with Gasteiger partial charge in [-0.1, -0.05) is 41.5 Å². The molecule has 0 heterocycles. The van der Waals surface area contributed by atoms with Gasteiger partial charge in [-0.3, -0.25) is 4.20 Å². The van der Waals surface area contributed by atoms with Crippen LogP contribution in [0.1, 0.15) is 41.5 Å². The number of halogens is 1. The Kier molecular flexibility index (Phi) is 6.37. The smallest absolute Gasteiger partial charge is 0.603 e. The third-order valence-corrected chi connectivity index (χ3v) is 2.82. The minimum absolute atomic E-state index is 0. The van der Waals surface area contributed by atoms with E-state index in [1.54, 1.807) is 0 Å². The first-order valence-electron chi connectivity index (χ1n) is 3.82. The normalized spacial score (nSPS) is 15.2. The Morgan fingerprint density at radius 3 is 1.42 bits per heavy atom. The fraction of sp³-hybridized carbons (Fsp3) is 1.00. The van der Waals surface area contributed by atoms with Gasteiger partial charge in [-0.05, 0) is 13.5 Å². The van der Waals surface area contributed by atoms with Gasteiger partial charge < -0.3 is 5.09 Å². The van der Waals surface area contributed by atoms with Gasteiger partial charge in [0.1, 0.15) is 0 Å². The van der Waals surface area contributed by atoms with Crippen molar-refractivity contribution in [3.63, 3.8) is 0 Å². The van der Waals surface area contributed by atoms with Crippen molar-refractivity contribution in [1.29, 1.82) is 0 Å². The molecule has 0 aliphatic heterocycles. The Labute approximate surface area is 89.0 Å². The van der Waals surface area contributed by atoms with Gasteiger partial charge >= 0.3 is 18.9 Å². The molecule has 0 aromatic carbocycles. The van der Waals surface area contributed by atoms with Crippen LogP contribution in [-0.4, -0.2) is 10.7 Å². The summed E-state index contributed by atoms with van der Waals surface area (Å²) in [6.45, 7) is 11.4. The first-order valence-corrected chi connectivity index (χ1v) is 5.00. The van der Waals surface area contributed by atoms with E-state index in [4.69, 9.17) is 0 Å². The maximum absolute atomic E-state index is 13.3. The van der Waals surface area contributed by atoms with Gasteiger partial charge in [-0.25, -0.2) is 0 Å². The van der Waals surface area contributed by atoms with E-state index in [2.05, 4.69) is 5.09 Å². The summed E-state index contributed by atoms with van der Waals surface area (Å²) in [5, 5.41) is 3.78. The number of nitrogens with zero attached hydrogens (tertiary/aromatic N) is 1. The molecule has 0 aliphatic rings. The molecule has 68 valence electrons. The summed E-state index contributed by atoms with van der Waals surface area (Å²) < 4.78 is 13.3. The van der Waals surface area contributed by atoms with Gasteiger partial charge in [0.25, 0.3) is 0 Å². The van der Waals surface area contributed by atoms with Crippen molar-refractivity contribution in [1.82, 2.24) is 0 Å². The Morgan fingerprint density at radius 2 is 1.33 bits per heavy atom. The van der Waals surface area contributed by atoms with E-state index in [0.29, 0.717) is 0 Å². The minimum Gasteiger partial charge on any atom is -0.603 e. The maximum atomic E-state index is 13.3. The van der Waals surface area contributed by atoms with Crippen LogP contribution in [0.2, 0.25) is 0 Å². The summed E-state index contributed by atoms with van der Waals surface area (Å²) in [5.74, 6) is 0. The zero-order valence-electron chi connectivity index (χ0n) is 9.27. The van der Waals surface area contributed by atoms with Crippen molar-refractivity contribution in [2.75, 3.05) is 0 Å². The average molecular weight is 185 g/mol. The van der Waals surface area contributed by atoms with Crippen molar-refractivity contribution in [3.8, 4) is 0 Å². The first-order chi connectivity index (χ1) is 4.63. The van der Waals surface area contributed by atoms with Gasteiger partial charge in [0.15, 0.2) is 0 Å². The quantitative estimate of drug-likeness (QED) is 0.431. The van der Waals surface area contributed by atoms with E-state index in [9.17, 15) is 4.20 Å². The van der Waals surface area contributed by atoms with Gasteiger partial charge in [0, 0.05) is 0 Å². The number of hydrogen-bond acceptors (Lipinski definition) is 0. The van der Waals surface area contributed by atoms with E-state index in [-0.39, 0.29) is 29.6 Å². The Balaban J connectivity index is 0. The molecule has 0 saturated carbocycles. The molecular weight excluding hydrogens is 167 g/mol. The van der Waals surface area contributed by atoms with E-state index < -0.39 is 8.38 Å². The fourth-order valence-electron chi connectivity index (χ4n) is 0.413. The van der Waals surface area contributed by atoms with Gasteiger partial charge in [0.05, 0.1) is 0 Å². The topological polar surface area (TPSA) is 14.1 Å². The molecule has 0 N–H and O–H groups in total. The van der Waals surface area contributed by atoms with Gasteiger partial charge in [-0.2, -0.15) is 0 Å². The summed E-state index contributed by atoms with van der Waals surface area (Å²) >= 11 is 0. The molecule has 4 heteroatoms. The van der Waals surface area contributed by atoms with Crippen molar-refractivity contribution in [3.05, 3.63) is 5.09 Å². The van der Waals surface area contributed by atoms with E-state index >= 15 is 0 Å². The van der Waals surface area contributed by atoms with Crippen LogP contribution in [0.25, 0.3) is 5.09 Å². The summed E-state index contributed by atoms with van der Waals surface area (Å²) in [4.78, 5) is 0. The zero-order valence-corrected chi connectivity index (χ0v) is 10.2. The molecule has 0 aromatic heterocycles. The maximum Gasteiger partial charge on any atom is 1.00 e. The van der Waals surface area contributed by atoms with Crippen LogP contribution >= 0.6 is 8.38 Å². The molecule has 1 nitrogen and oxygen atoms in total. The van der Waals surface area contributed by atoms with Gasteiger partial charge in [0.2, 0.25) is 0 Å². The third kappa shape index (κ3) is 7.56. The van der Waals surface area contributed by atoms with E-state index in [1.807, 2.05) is 41.5 Å². The molecule has 0 spiro atoms. The number of rotatable bonds is 1. The van der Waals surface area contributed by atoms with Crippen molar-refractivity contribution in [2.24, 2.45) is 0 Å². The Morgan fingerprint density at radius 1 is 1.00 bits per heavy atom. The molecule has 0 aliphatic carbocycles. The first kappa shape index (κ1) is 15.4. The largest absolute Gasteiger partial charge is 1.00 e. The second-order valence-corrected chi connectivity index (χ2v) is 6.76. The molecule has 0 saturated heterocycles. The second-order valence-electron chi connectivity index (χ2n) is 4.70. The molecule has 0 rings (SSSR count). The molecule has 1 atom stereocenters. The van der Waals surface area contributed by atoms with Crippen molar-refractivity contribution in [2.45, 2.75) is 52.2 Å². The molecule has 0 amide bonds. The summed E-state index contributed by atoms with van der Waals surface area (Å²) in [6, 6.07) is 0. The summed E-state index contributed by atoms with van der Waals surface area (Å²) in [5.41, 5.74) is -0.242. The van der Waals surface area contributed by atoms with Crippen LogP contribution in [0, 0.1) is 0 Å². The molecule has 12 heavy (non-hydrogen) atoms. The SMILES string of the molecule is CC(C)(C)[N-]P(F)C(C)(C)C.[Li+]. The molecule has 0 radical (unpaired) electrons. The van der Waals surface area contributed by atoms with Crippen molar-refractivity contribution >= 4 is 8.38 Å². The molecule has 0 aromatic rings. The zero-order chi connectivity index (χ0) is 9.28. The van der Waals surface area contributed by atoms with Crippen LogP contribution in [0.5, 0.6) is 0 Å². The monoisotopic (exact) mass is 185 g/mol. The standard InChI is InChI=1S/C8H18FNP.Li/c1-7(2,3)10-11(9)8(4,5)6;/h1-6H3;/q-1;+1. The minimum atomic E-state index is -1.68. The third-order valence-electron chi connectivity index (χ3n) is 0.941. The van der Waals surface area contributed by atoms with Crippen molar-refractivity contribution < 1.29 is 23.1 Å². The van der Waals surface area contributed by atoms with E-state index in [1.165, 1.54) is 0 Å². The van der Waals surface area contributed by atoms with Crippen LogP contribution in [-0.2, 0) is 0 Å². The predicted molar refractivity (Wildman–Crippen MR) is 50.9 cm³/mol. The van der Waals surface area contributed by atoms with Crippen LogP contribution in [0.3, 0.4) is 0 Å². The average Bonchev–Trinajstić information content (AvgIpc) is 1.56. The Hall–Kier alpha value is 0.917.